The summed E-state index contributed by atoms with van der Waals surface area (Å²) < 4.78 is 5.38. The van der Waals surface area contributed by atoms with Crippen molar-refractivity contribution in [3.8, 4) is 6.07 Å². The van der Waals surface area contributed by atoms with Gasteiger partial charge in [0, 0.05) is 13.1 Å². The second-order valence-corrected chi connectivity index (χ2v) is 4.28. The summed E-state index contributed by atoms with van der Waals surface area (Å²) in [5.74, 6) is -0.0531. The van der Waals surface area contributed by atoms with Crippen molar-refractivity contribution in [2.24, 2.45) is 0 Å². The fraction of sp³-hybridized carbons (Fsp3) is 0.818. The van der Waals surface area contributed by atoms with E-state index < -0.39 is 0 Å². The van der Waals surface area contributed by atoms with Gasteiger partial charge in [-0.15, -0.1) is 0 Å². The SMILES string of the molecule is CCN(CCC#N)C(=O)COC(C)(C)C. The second kappa shape index (κ2) is 6.41. The van der Waals surface area contributed by atoms with Crippen LogP contribution in [0.15, 0.2) is 0 Å². The Bertz CT molecular complexity index is 238. The number of ether oxygens (including phenoxy) is 1. The van der Waals surface area contributed by atoms with Crippen molar-refractivity contribution in [3.63, 3.8) is 0 Å². The fourth-order valence-electron chi connectivity index (χ4n) is 1.01. The van der Waals surface area contributed by atoms with Gasteiger partial charge in [-0.1, -0.05) is 0 Å². The molecular weight excluding hydrogens is 192 g/mol. The van der Waals surface area contributed by atoms with Gasteiger partial charge in [-0.25, -0.2) is 0 Å². The first-order valence-corrected chi connectivity index (χ1v) is 5.19. The van der Waals surface area contributed by atoms with Gasteiger partial charge in [0.05, 0.1) is 18.1 Å². The smallest absolute Gasteiger partial charge is 0.248 e. The molecule has 0 spiro atoms. The van der Waals surface area contributed by atoms with Crippen LogP contribution < -0.4 is 0 Å². The molecule has 0 rings (SSSR count). The van der Waals surface area contributed by atoms with Crippen LogP contribution in [0.2, 0.25) is 0 Å². The highest BCUT2D eigenvalue weighted by Crippen LogP contribution is 2.06. The standard InChI is InChI=1S/C11H20N2O2/c1-5-13(8-6-7-12)10(14)9-15-11(2,3)4/h5-6,8-9H2,1-4H3. The summed E-state index contributed by atoms with van der Waals surface area (Å²) in [6.45, 7) is 8.81. The Hall–Kier alpha value is -1.08. The number of nitriles is 1. The minimum absolute atomic E-state index is 0.0531. The zero-order chi connectivity index (χ0) is 11.9. The lowest BCUT2D eigenvalue weighted by molar-refractivity contribution is -0.140. The van der Waals surface area contributed by atoms with E-state index in [1.807, 2.05) is 33.8 Å². The first-order chi connectivity index (χ1) is 6.90. The number of carbonyl (C=O) groups excluding carboxylic acids is 1. The molecule has 0 aromatic carbocycles. The molecule has 4 nitrogen and oxygen atoms in total. The molecule has 0 fully saturated rings. The molecule has 15 heavy (non-hydrogen) atoms. The van der Waals surface area contributed by atoms with Gasteiger partial charge in [0.25, 0.3) is 0 Å². The van der Waals surface area contributed by atoms with E-state index in [0.717, 1.165) is 0 Å². The van der Waals surface area contributed by atoms with Crippen molar-refractivity contribution in [1.29, 1.82) is 5.26 Å². The molecule has 0 bridgehead atoms. The van der Waals surface area contributed by atoms with Gasteiger partial charge in [0.1, 0.15) is 6.61 Å². The zero-order valence-corrected chi connectivity index (χ0v) is 10.0. The second-order valence-electron chi connectivity index (χ2n) is 4.28. The van der Waals surface area contributed by atoms with E-state index in [1.165, 1.54) is 0 Å². The van der Waals surface area contributed by atoms with Gasteiger partial charge in [-0.05, 0) is 27.7 Å². The van der Waals surface area contributed by atoms with Crippen molar-refractivity contribution in [2.75, 3.05) is 19.7 Å². The summed E-state index contributed by atoms with van der Waals surface area (Å²) in [6.07, 6.45) is 0.370. The molecule has 1 amide bonds. The van der Waals surface area contributed by atoms with Crippen LogP contribution in [0, 0.1) is 11.3 Å². The van der Waals surface area contributed by atoms with Gasteiger partial charge < -0.3 is 9.64 Å². The number of nitrogens with zero attached hydrogens (tertiary/aromatic N) is 2. The van der Waals surface area contributed by atoms with Gasteiger partial charge in [0.15, 0.2) is 0 Å². The monoisotopic (exact) mass is 212 g/mol. The summed E-state index contributed by atoms with van der Waals surface area (Å²) in [5.41, 5.74) is -0.301. The Balaban J connectivity index is 4.00. The van der Waals surface area contributed by atoms with E-state index in [1.54, 1.807) is 4.90 Å². The Morgan fingerprint density at radius 3 is 2.47 bits per heavy atom. The van der Waals surface area contributed by atoms with Crippen molar-refractivity contribution >= 4 is 5.91 Å². The molecule has 4 heteroatoms. The summed E-state index contributed by atoms with van der Waals surface area (Å²) in [7, 11) is 0. The highest BCUT2D eigenvalue weighted by Gasteiger charge is 2.16. The highest BCUT2D eigenvalue weighted by atomic mass is 16.5. The number of amides is 1. The number of hydrogen-bond acceptors (Lipinski definition) is 3. The molecule has 0 aliphatic carbocycles. The quantitative estimate of drug-likeness (QED) is 0.695. The van der Waals surface area contributed by atoms with Crippen molar-refractivity contribution in [1.82, 2.24) is 4.90 Å². The molecule has 0 saturated carbocycles. The summed E-state index contributed by atoms with van der Waals surface area (Å²) in [6, 6.07) is 2.03. The molecule has 0 heterocycles. The predicted octanol–water partition coefficient (Wildman–Crippen LogP) is 1.56. The molecule has 0 aliphatic rings. The maximum Gasteiger partial charge on any atom is 0.248 e. The van der Waals surface area contributed by atoms with E-state index in [0.29, 0.717) is 19.5 Å². The third-order valence-corrected chi connectivity index (χ3v) is 1.86. The van der Waals surface area contributed by atoms with Crippen LogP contribution in [-0.2, 0) is 9.53 Å². The van der Waals surface area contributed by atoms with Crippen LogP contribution in [0.1, 0.15) is 34.1 Å². The van der Waals surface area contributed by atoms with Crippen LogP contribution >= 0.6 is 0 Å². The normalized spacial score (nSPS) is 10.9. The van der Waals surface area contributed by atoms with Crippen molar-refractivity contribution in [3.05, 3.63) is 0 Å². The number of rotatable bonds is 5. The zero-order valence-electron chi connectivity index (χ0n) is 10.0. The summed E-state index contributed by atoms with van der Waals surface area (Å²) >= 11 is 0. The van der Waals surface area contributed by atoms with Gasteiger partial charge in [0.2, 0.25) is 5.91 Å². The number of carbonyl (C=O) groups is 1. The number of hydrogen-bond donors (Lipinski definition) is 0. The van der Waals surface area contributed by atoms with Gasteiger partial charge in [-0.3, -0.25) is 4.79 Å². The molecule has 0 atom stereocenters. The predicted molar refractivity (Wildman–Crippen MR) is 58.2 cm³/mol. The van der Waals surface area contributed by atoms with Crippen LogP contribution in [0.25, 0.3) is 0 Å². The average molecular weight is 212 g/mol. The van der Waals surface area contributed by atoms with Crippen LogP contribution in [-0.4, -0.2) is 36.1 Å². The Kier molecular flexibility index (Phi) is 5.95. The summed E-state index contributed by atoms with van der Waals surface area (Å²) in [4.78, 5) is 13.3. The topological polar surface area (TPSA) is 53.3 Å². The van der Waals surface area contributed by atoms with E-state index in [9.17, 15) is 4.79 Å². The first-order valence-electron chi connectivity index (χ1n) is 5.19. The van der Waals surface area contributed by atoms with Crippen molar-refractivity contribution < 1.29 is 9.53 Å². The molecule has 0 unspecified atom stereocenters. The van der Waals surface area contributed by atoms with Crippen LogP contribution in [0.4, 0.5) is 0 Å². The Labute approximate surface area is 91.8 Å². The lowest BCUT2D eigenvalue weighted by Gasteiger charge is -2.23. The third kappa shape index (κ3) is 6.92. The van der Waals surface area contributed by atoms with E-state index in [2.05, 4.69) is 0 Å². The largest absolute Gasteiger partial charge is 0.366 e. The maximum absolute atomic E-state index is 11.6. The lowest BCUT2D eigenvalue weighted by atomic mass is 10.2. The Morgan fingerprint density at radius 1 is 1.47 bits per heavy atom. The maximum atomic E-state index is 11.6. The van der Waals surface area contributed by atoms with E-state index >= 15 is 0 Å². The molecule has 0 aromatic heterocycles. The molecule has 86 valence electrons. The van der Waals surface area contributed by atoms with Gasteiger partial charge >= 0.3 is 0 Å². The molecule has 0 aromatic rings. The molecule has 0 aliphatic heterocycles. The van der Waals surface area contributed by atoms with Crippen molar-refractivity contribution in [2.45, 2.75) is 39.7 Å². The molecule has 0 radical (unpaired) electrons. The molecular formula is C11H20N2O2. The average Bonchev–Trinajstić information content (AvgIpc) is 2.15. The highest BCUT2D eigenvalue weighted by molar-refractivity contribution is 5.77. The summed E-state index contributed by atoms with van der Waals surface area (Å²) in [5, 5.41) is 8.43. The number of likely N-dealkylation sites (N-methyl/N-ethyl adjacent to an activating group) is 1. The minimum atomic E-state index is -0.301. The van der Waals surface area contributed by atoms with Crippen LogP contribution in [0.3, 0.4) is 0 Å². The third-order valence-electron chi connectivity index (χ3n) is 1.86. The Morgan fingerprint density at radius 2 is 2.07 bits per heavy atom. The van der Waals surface area contributed by atoms with Crippen LogP contribution in [0.5, 0.6) is 0 Å². The first kappa shape index (κ1) is 13.9. The fourth-order valence-corrected chi connectivity index (χ4v) is 1.01. The lowest BCUT2D eigenvalue weighted by Crippen LogP contribution is -2.36. The molecule has 0 N–H and O–H groups in total. The van der Waals surface area contributed by atoms with Gasteiger partial charge in [-0.2, -0.15) is 5.26 Å². The minimum Gasteiger partial charge on any atom is -0.366 e. The van der Waals surface area contributed by atoms with E-state index in [-0.39, 0.29) is 18.1 Å². The van der Waals surface area contributed by atoms with E-state index in [4.69, 9.17) is 10.00 Å². The molecule has 0 saturated heterocycles.